The number of thiophene rings is 1. The molecule has 126 valence electrons. The molecule has 1 aromatic heterocycles. The van der Waals surface area contributed by atoms with E-state index in [1.165, 1.54) is 11.3 Å². The van der Waals surface area contributed by atoms with Crippen LogP contribution in [0.3, 0.4) is 0 Å². The molecule has 2 N–H and O–H groups in total. The van der Waals surface area contributed by atoms with Gasteiger partial charge in [-0.15, -0.1) is 11.3 Å². The summed E-state index contributed by atoms with van der Waals surface area (Å²) in [4.78, 5) is 16.6. The zero-order chi connectivity index (χ0) is 16.8. The van der Waals surface area contributed by atoms with Crippen LogP contribution in [-0.4, -0.2) is 65.7 Å². The topological polar surface area (TPSA) is 79.6 Å². The van der Waals surface area contributed by atoms with Gasteiger partial charge in [0.15, 0.2) is 0 Å². The van der Waals surface area contributed by atoms with E-state index in [9.17, 15) is 9.90 Å². The number of carbonyl (C=O) groups is 1. The molecule has 0 aliphatic carbocycles. The lowest BCUT2D eigenvalue weighted by Crippen LogP contribution is -2.53. The van der Waals surface area contributed by atoms with Gasteiger partial charge in [0.25, 0.3) is 0 Å². The van der Waals surface area contributed by atoms with Crippen LogP contribution in [0.4, 0.5) is 5.00 Å². The fourth-order valence-electron chi connectivity index (χ4n) is 2.83. The van der Waals surface area contributed by atoms with Gasteiger partial charge in [-0.05, 0) is 25.3 Å². The van der Waals surface area contributed by atoms with E-state index in [4.69, 9.17) is 5.26 Å². The molecule has 2 heterocycles. The largest absolute Gasteiger partial charge is 0.392 e. The van der Waals surface area contributed by atoms with Crippen LogP contribution in [0.15, 0.2) is 11.4 Å². The Morgan fingerprint density at radius 3 is 3.04 bits per heavy atom. The van der Waals surface area contributed by atoms with Crippen molar-refractivity contribution in [1.29, 1.82) is 5.26 Å². The highest BCUT2D eigenvalue weighted by Gasteiger charge is 2.24. The van der Waals surface area contributed by atoms with E-state index < -0.39 is 0 Å². The lowest BCUT2D eigenvalue weighted by atomic mass is 10.1. The van der Waals surface area contributed by atoms with Crippen molar-refractivity contribution >= 4 is 22.2 Å². The maximum Gasteiger partial charge on any atom is 0.226 e. The smallest absolute Gasteiger partial charge is 0.226 e. The Labute approximate surface area is 141 Å². The van der Waals surface area contributed by atoms with E-state index in [1.54, 1.807) is 11.4 Å². The van der Waals surface area contributed by atoms with Crippen molar-refractivity contribution in [2.45, 2.75) is 32.4 Å². The zero-order valence-electron chi connectivity index (χ0n) is 13.7. The molecule has 7 heteroatoms. The normalized spacial score (nSPS) is 20.9. The molecule has 1 amide bonds. The van der Waals surface area contributed by atoms with Crippen molar-refractivity contribution in [1.82, 2.24) is 9.80 Å². The Morgan fingerprint density at radius 1 is 1.61 bits per heavy atom. The van der Waals surface area contributed by atoms with E-state index in [0.29, 0.717) is 36.1 Å². The minimum atomic E-state index is -0.310. The zero-order valence-corrected chi connectivity index (χ0v) is 14.5. The number of hydrogen-bond donors (Lipinski definition) is 2. The Bertz CT molecular complexity index is 567. The van der Waals surface area contributed by atoms with Crippen LogP contribution in [0, 0.1) is 11.3 Å². The monoisotopic (exact) mass is 336 g/mol. The third-order valence-corrected chi connectivity index (χ3v) is 4.87. The first-order valence-corrected chi connectivity index (χ1v) is 8.79. The Balaban J connectivity index is 1.74. The Kier molecular flexibility index (Phi) is 6.54. The van der Waals surface area contributed by atoms with E-state index >= 15 is 0 Å². The number of rotatable bonds is 6. The summed E-state index contributed by atoms with van der Waals surface area (Å²) in [6, 6.07) is 4.16. The number of β-amino-alcohol motifs (C(OH)–C–C–N with tert-alkyl or cyclic N) is 1. The van der Waals surface area contributed by atoms with Gasteiger partial charge in [-0.2, -0.15) is 5.26 Å². The number of nitrogens with zero attached hydrogens (tertiary/aromatic N) is 3. The van der Waals surface area contributed by atoms with Gasteiger partial charge in [0.1, 0.15) is 11.1 Å². The summed E-state index contributed by atoms with van der Waals surface area (Å²) >= 11 is 1.37. The van der Waals surface area contributed by atoms with Gasteiger partial charge in [0.2, 0.25) is 5.91 Å². The Hall–Kier alpha value is -1.46. The molecule has 2 rings (SSSR count). The fourth-order valence-corrected chi connectivity index (χ4v) is 3.58. The van der Waals surface area contributed by atoms with E-state index in [-0.39, 0.29) is 12.0 Å². The SMILES string of the molecule is C[C@H](O)CN1CCN(CCC(=O)Nc2sccc2C#N)C[C@H]1C. The summed E-state index contributed by atoms with van der Waals surface area (Å²) in [6.07, 6.45) is 0.112. The molecule has 1 fully saturated rings. The van der Waals surface area contributed by atoms with Crippen molar-refractivity contribution in [3.63, 3.8) is 0 Å². The van der Waals surface area contributed by atoms with Crippen LogP contribution in [0.2, 0.25) is 0 Å². The van der Waals surface area contributed by atoms with Gasteiger partial charge in [-0.3, -0.25) is 9.69 Å². The quantitative estimate of drug-likeness (QED) is 0.819. The third kappa shape index (κ3) is 5.29. The van der Waals surface area contributed by atoms with Crippen molar-refractivity contribution < 1.29 is 9.90 Å². The van der Waals surface area contributed by atoms with Crippen LogP contribution in [0.1, 0.15) is 25.8 Å². The van der Waals surface area contributed by atoms with Crippen LogP contribution in [0.25, 0.3) is 0 Å². The van der Waals surface area contributed by atoms with E-state index in [0.717, 1.165) is 19.6 Å². The highest BCUT2D eigenvalue weighted by Crippen LogP contribution is 2.22. The van der Waals surface area contributed by atoms with Gasteiger partial charge in [0, 0.05) is 45.2 Å². The first-order valence-electron chi connectivity index (χ1n) is 7.91. The molecule has 0 unspecified atom stereocenters. The average Bonchev–Trinajstić information content (AvgIpc) is 2.94. The fraction of sp³-hybridized carbons (Fsp3) is 0.625. The number of nitrogens with one attached hydrogen (secondary N) is 1. The molecule has 1 aliphatic rings. The maximum absolute atomic E-state index is 12.0. The first-order chi connectivity index (χ1) is 11.0. The molecular formula is C16H24N4O2S. The summed E-state index contributed by atoms with van der Waals surface area (Å²) in [7, 11) is 0. The van der Waals surface area contributed by atoms with E-state index in [2.05, 4.69) is 28.1 Å². The van der Waals surface area contributed by atoms with Gasteiger partial charge in [-0.1, -0.05) is 0 Å². The molecule has 0 aromatic carbocycles. The minimum absolute atomic E-state index is 0.0528. The average molecular weight is 336 g/mol. The number of amides is 1. The van der Waals surface area contributed by atoms with Crippen LogP contribution in [0.5, 0.6) is 0 Å². The molecule has 0 spiro atoms. The highest BCUT2D eigenvalue weighted by molar-refractivity contribution is 7.14. The first kappa shape index (κ1) is 17.9. The third-order valence-electron chi connectivity index (χ3n) is 4.04. The molecule has 0 radical (unpaired) electrons. The van der Waals surface area contributed by atoms with Gasteiger partial charge in [0.05, 0.1) is 11.7 Å². The van der Waals surface area contributed by atoms with E-state index in [1.807, 2.05) is 6.92 Å². The molecule has 1 saturated heterocycles. The summed E-state index contributed by atoms with van der Waals surface area (Å²) in [6.45, 7) is 8.10. The van der Waals surface area contributed by atoms with Crippen LogP contribution < -0.4 is 5.32 Å². The minimum Gasteiger partial charge on any atom is -0.392 e. The number of nitriles is 1. The molecule has 1 aliphatic heterocycles. The second kappa shape index (κ2) is 8.41. The lowest BCUT2D eigenvalue weighted by molar-refractivity contribution is -0.116. The second-order valence-electron chi connectivity index (χ2n) is 6.07. The van der Waals surface area contributed by atoms with Gasteiger partial charge in [-0.25, -0.2) is 0 Å². The molecule has 0 bridgehead atoms. The van der Waals surface area contributed by atoms with Crippen molar-refractivity contribution in [2.24, 2.45) is 0 Å². The lowest BCUT2D eigenvalue weighted by Gasteiger charge is -2.40. The number of aliphatic hydroxyl groups is 1. The number of piperazine rings is 1. The van der Waals surface area contributed by atoms with Gasteiger partial charge >= 0.3 is 0 Å². The number of carbonyl (C=O) groups excluding carboxylic acids is 1. The molecule has 23 heavy (non-hydrogen) atoms. The molecular weight excluding hydrogens is 312 g/mol. The standard InChI is InChI=1S/C16H24N4O2S/c1-12-10-19(6-7-20(12)11-13(2)21)5-3-15(22)18-16-14(9-17)4-8-23-16/h4,8,12-13,21H,3,5-7,10-11H2,1-2H3,(H,18,22)/t12-,13+/m1/s1. The van der Waals surface area contributed by atoms with Crippen molar-refractivity contribution in [2.75, 3.05) is 38.0 Å². The van der Waals surface area contributed by atoms with Crippen molar-refractivity contribution in [3.8, 4) is 6.07 Å². The van der Waals surface area contributed by atoms with Crippen molar-refractivity contribution in [3.05, 3.63) is 17.0 Å². The molecule has 0 saturated carbocycles. The number of aliphatic hydroxyl groups excluding tert-OH is 1. The Morgan fingerprint density at radius 2 is 2.39 bits per heavy atom. The number of hydrogen-bond acceptors (Lipinski definition) is 6. The maximum atomic E-state index is 12.0. The van der Waals surface area contributed by atoms with Crippen LogP contribution in [-0.2, 0) is 4.79 Å². The summed E-state index contributed by atoms with van der Waals surface area (Å²) < 4.78 is 0. The molecule has 2 atom stereocenters. The predicted molar refractivity (Wildman–Crippen MR) is 91.4 cm³/mol. The highest BCUT2D eigenvalue weighted by atomic mass is 32.1. The summed E-state index contributed by atoms with van der Waals surface area (Å²) in [5.74, 6) is -0.0528. The molecule has 1 aromatic rings. The number of anilines is 1. The van der Waals surface area contributed by atoms with Crippen LogP contribution >= 0.6 is 11.3 Å². The predicted octanol–water partition coefficient (Wildman–Crippen LogP) is 1.34. The molecule has 6 nitrogen and oxygen atoms in total. The van der Waals surface area contributed by atoms with Gasteiger partial charge < -0.3 is 15.3 Å². The second-order valence-corrected chi connectivity index (χ2v) is 6.98. The summed E-state index contributed by atoms with van der Waals surface area (Å²) in [5, 5.41) is 23.7. The summed E-state index contributed by atoms with van der Waals surface area (Å²) in [5.41, 5.74) is 0.517.